The van der Waals surface area contributed by atoms with Gasteiger partial charge in [-0.3, -0.25) is 0 Å². The van der Waals surface area contributed by atoms with Gasteiger partial charge in [0.25, 0.3) is 0 Å². The average Bonchev–Trinajstić information content (AvgIpc) is 2.25. The molecule has 0 unspecified atom stereocenters. The highest BCUT2D eigenvalue weighted by Crippen LogP contribution is 2.37. The van der Waals surface area contributed by atoms with Crippen molar-refractivity contribution in [2.75, 3.05) is 20.8 Å². The number of esters is 1. The molecule has 0 saturated heterocycles. The molecule has 0 atom stereocenters. The molecule has 0 aromatic heterocycles. The standard InChI is InChI=1S/C9H17O5P/c1-4-5-7-13-9(10)6-8-14-15(11-2)12-3/h6,8H,4-5,7H2,1-3H3. The van der Waals surface area contributed by atoms with Crippen LogP contribution in [0.3, 0.4) is 0 Å². The molecule has 0 aliphatic carbocycles. The SMILES string of the molecule is CCCCOC(=O)C=COP(OC)OC. The molecule has 0 fully saturated rings. The number of rotatable bonds is 8. The number of ether oxygens (including phenoxy) is 1. The van der Waals surface area contributed by atoms with Crippen molar-refractivity contribution < 1.29 is 23.1 Å². The molecule has 5 nitrogen and oxygen atoms in total. The summed E-state index contributed by atoms with van der Waals surface area (Å²) in [4.78, 5) is 11.0. The molecular weight excluding hydrogens is 219 g/mol. The maximum Gasteiger partial charge on any atom is 0.396 e. The Hall–Kier alpha value is -0.640. The molecule has 0 bridgehead atoms. The number of carbonyl (C=O) groups is 1. The topological polar surface area (TPSA) is 54.0 Å². The first-order chi connectivity index (χ1) is 7.24. The minimum absolute atomic E-state index is 0.425. The van der Waals surface area contributed by atoms with E-state index in [0.29, 0.717) is 6.61 Å². The summed E-state index contributed by atoms with van der Waals surface area (Å²) in [6.07, 6.45) is 4.27. The van der Waals surface area contributed by atoms with Crippen molar-refractivity contribution >= 4 is 14.6 Å². The number of carbonyl (C=O) groups excluding carboxylic acids is 1. The van der Waals surface area contributed by atoms with Crippen molar-refractivity contribution in [2.24, 2.45) is 0 Å². The van der Waals surface area contributed by atoms with Crippen molar-refractivity contribution in [3.63, 3.8) is 0 Å². The van der Waals surface area contributed by atoms with Crippen LogP contribution in [-0.4, -0.2) is 26.8 Å². The first kappa shape index (κ1) is 14.4. The van der Waals surface area contributed by atoms with Crippen molar-refractivity contribution in [2.45, 2.75) is 19.8 Å². The summed E-state index contributed by atoms with van der Waals surface area (Å²) in [6.45, 7) is 2.46. The molecule has 0 spiro atoms. The van der Waals surface area contributed by atoms with E-state index >= 15 is 0 Å². The Labute approximate surface area is 91.3 Å². The van der Waals surface area contributed by atoms with Crippen molar-refractivity contribution in [1.29, 1.82) is 0 Å². The van der Waals surface area contributed by atoms with E-state index in [4.69, 9.17) is 18.3 Å². The zero-order valence-electron chi connectivity index (χ0n) is 9.26. The lowest BCUT2D eigenvalue weighted by Gasteiger charge is -2.08. The van der Waals surface area contributed by atoms with Gasteiger partial charge in [0.05, 0.1) is 18.9 Å². The van der Waals surface area contributed by atoms with E-state index < -0.39 is 14.6 Å². The lowest BCUT2D eigenvalue weighted by atomic mass is 10.4. The molecule has 6 heteroatoms. The van der Waals surface area contributed by atoms with E-state index in [0.717, 1.165) is 12.8 Å². The second kappa shape index (κ2) is 9.90. The van der Waals surface area contributed by atoms with Crippen LogP contribution in [0.2, 0.25) is 0 Å². The van der Waals surface area contributed by atoms with Crippen LogP contribution in [0.1, 0.15) is 19.8 Å². The molecular formula is C9H17O5P. The van der Waals surface area contributed by atoms with E-state index in [2.05, 4.69) is 0 Å². The van der Waals surface area contributed by atoms with E-state index in [1.807, 2.05) is 6.92 Å². The van der Waals surface area contributed by atoms with Crippen molar-refractivity contribution in [1.82, 2.24) is 0 Å². The summed E-state index contributed by atoms with van der Waals surface area (Å²) in [5, 5.41) is 0. The summed E-state index contributed by atoms with van der Waals surface area (Å²) >= 11 is 0. The fraction of sp³-hybridized carbons (Fsp3) is 0.667. The number of hydrogen-bond acceptors (Lipinski definition) is 5. The third-order valence-electron chi connectivity index (χ3n) is 1.39. The van der Waals surface area contributed by atoms with E-state index in [9.17, 15) is 4.79 Å². The molecule has 0 aliphatic heterocycles. The van der Waals surface area contributed by atoms with Gasteiger partial charge in [-0.25, -0.2) is 4.79 Å². The molecule has 0 aliphatic rings. The quantitative estimate of drug-likeness (QED) is 0.213. The highest BCUT2D eigenvalue weighted by atomic mass is 31.2. The second-order valence-corrected chi connectivity index (χ2v) is 3.91. The zero-order chi connectivity index (χ0) is 11.5. The van der Waals surface area contributed by atoms with Gasteiger partial charge in [0, 0.05) is 14.2 Å². The van der Waals surface area contributed by atoms with Crippen LogP contribution >= 0.6 is 8.60 Å². The minimum atomic E-state index is -1.40. The van der Waals surface area contributed by atoms with Crippen LogP contribution in [0.25, 0.3) is 0 Å². The minimum Gasteiger partial charge on any atom is -0.462 e. The van der Waals surface area contributed by atoms with Crippen LogP contribution in [0.15, 0.2) is 12.3 Å². The number of unbranched alkanes of at least 4 members (excludes halogenated alkanes) is 1. The van der Waals surface area contributed by atoms with E-state index in [1.165, 1.54) is 26.6 Å². The van der Waals surface area contributed by atoms with Gasteiger partial charge in [0.15, 0.2) is 0 Å². The van der Waals surface area contributed by atoms with Crippen LogP contribution in [-0.2, 0) is 23.1 Å². The molecule has 0 aromatic rings. The van der Waals surface area contributed by atoms with Gasteiger partial charge in [-0.1, -0.05) is 13.3 Å². The van der Waals surface area contributed by atoms with Gasteiger partial charge in [0.1, 0.15) is 0 Å². The normalized spacial score (nSPS) is 10.9. The Morgan fingerprint density at radius 1 is 1.33 bits per heavy atom. The largest absolute Gasteiger partial charge is 0.462 e. The molecule has 0 saturated carbocycles. The Balaban J connectivity index is 3.61. The number of hydrogen-bond donors (Lipinski definition) is 0. The van der Waals surface area contributed by atoms with Gasteiger partial charge < -0.3 is 18.3 Å². The Morgan fingerprint density at radius 2 is 2.00 bits per heavy atom. The van der Waals surface area contributed by atoms with Crippen LogP contribution in [0.5, 0.6) is 0 Å². The third kappa shape index (κ3) is 8.36. The second-order valence-electron chi connectivity index (χ2n) is 2.52. The van der Waals surface area contributed by atoms with Gasteiger partial charge in [0.2, 0.25) is 0 Å². The molecule has 15 heavy (non-hydrogen) atoms. The fourth-order valence-corrected chi connectivity index (χ4v) is 1.14. The van der Waals surface area contributed by atoms with E-state index in [1.54, 1.807) is 0 Å². The highest BCUT2D eigenvalue weighted by molar-refractivity contribution is 7.41. The van der Waals surface area contributed by atoms with Crippen LogP contribution < -0.4 is 0 Å². The van der Waals surface area contributed by atoms with Crippen molar-refractivity contribution in [3.8, 4) is 0 Å². The molecule has 0 aromatic carbocycles. The average molecular weight is 236 g/mol. The van der Waals surface area contributed by atoms with Gasteiger partial charge in [-0.15, -0.1) is 0 Å². The smallest absolute Gasteiger partial charge is 0.396 e. The van der Waals surface area contributed by atoms with Gasteiger partial charge >= 0.3 is 14.6 Å². The summed E-state index contributed by atoms with van der Waals surface area (Å²) in [6, 6.07) is 0. The Morgan fingerprint density at radius 3 is 2.53 bits per heavy atom. The van der Waals surface area contributed by atoms with Crippen LogP contribution in [0.4, 0.5) is 0 Å². The fourth-order valence-electron chi connectivity index (χ4n) is 0.661. The lowest BCUT2D eigenvalue weighted by Crippen LogP contribution is -2.01. The predicted octanol–water partition coefficient (Wildman–Crippen LogP) is 2.38. The first-order valence-corrected chi connectivity index (χ1v) is 5.72. The summed E-state index contributed by atoms with van der Waals surface area (Å²) in [5.74, 6) is -0.425. The molecule has 0 radical (unpaired) electrons. The molecule has 88 valence electrons. The molecule has 0 N–H and O–H groups in total. The van der Waals surface area contributed by atoms with Crippen LogP contribution in [0, 0.1) is 0 Å². The molecule has 0 amide bonds. The Bertz CT molecular complexity index is 191. The maximum atomic E-state index is 11.0. The lowest BCUT2D eigenvalue weighted by molar-refractivity contribution is -0.137. The van der Waals surface area contributed by atoms with Crippen molar-refractivity contribution in [3.05, 3.63) is 12.3 Å². The summed E-state index contributed by atoms with van der Waals surface area (Å²) in [5.41, 5.74) is 0. The predicted molar refractivity (Wildman–Crippen MR) is 57.0 cm³/mol. The molecule has 0 rings (SSSR count). The van der Waals surface area contributed by atoms with Gasteiger partial charge in [-0.2, -0.15) is 0 Å². The first-order valence-electron chi connectivity index (χ1n) is 4.63. The molecule has 0 heterocycles. The van der Waals surface area contributed by atoms with Gasteiger partial charge in [-0.05, 0) is 6.42 Å². The van der Waals surface area contributed by atoms with E-state index in [-0.39, 0.29) is 0 Å². The third-order valence-corrected chi connectivity index (χ3v) is 2.28. The highest BCUT2D eigenvalue weighted by Gasteiger charge is 2.05. The summed E-state index contributed by atoms with van der Waals surface area (Å²) < 4.78 is 19.4. The summed E-state index contributed by atoms with van der Waals surface area (Å²) in [7, 11) is 1.52. The zero-order valence-corrected chi connectivity index (χ0v) is 10.2. The maximum absolute atomic E-state index is 11.0. The Kier molecular flexibility index (Phi) is 9.48. The monoisotopic (exact) mass is 236 g/mol.